The van der Waals surface area contributed by atoms with Crippen molar-refractivity contribution >= 4 is 5.91 Å². The molecule has 0 fully saturated rings. The van der Waals surface area contributed by atoms with Crippen molar-refractivity contribution in [3.8, 4) is 0 Å². The molecule has 0 spiro atoms. The SMILES string of the molecule is CCC(CN)C(=O)NC(C)CCN(C)C. The lowest BCUT2D eigenvalue weighted by Crippen LogP contribution is -2.40. The lowest BCUT2D eigenvalue weighted by Gasteiger charge is -2.19. The van der Waals surface area contributed by atoms with Crippen LogP contribution in [0.1, 0.15) is 26.7 Å². The fraction of sp³-hybridized carbons (Fsp3) is 0.909. The molecule has 1 amide bonds. The predicted molar refractivity (Wildman–Crippen MR) is 63.6 cm³/mol. The Kier molecular flexibility index (Phi) is 7.34. The molecule has 0 aliphatic heterocycles. The van der Waals surface area contributed by atoms with Crippen LogP contribution in [0.4, 0.5) is 0 Å². The summed E-state index contributed by atoms with van der Waals surface area (Å²) in [5, 5.41) is 2.99. The van der Waals surface area contributed by atoms with E-state index in [-0.39, 0.29) is 17.9 Å². The summed E-state index contributed by atoms with van der Waals surface area (Å²) in [5.74, 6) is 0.0538. The predicted octanol–water partition coefficient (Wildman–Crippen LogP) is 0.428. The van der Waals surface area contributed by atoms with Gasteiger partial charge in [-0.3, -0.25) is 4.79 Å². The van der Waals surface area contributed by atoms with E-state index >= 15 is 0 Å². The average Bonchev–Trinajstić information content (AvgIpc) is 2.16. The molecule has 0 radical (unpaired) electrons. The molecule has 0 aliphatic carbocycles. The summed E-state index contributed by atoms with van der Waals surface area (Å²) in [7, 11) is 4.06. The van der Waals surface area contributed by atoms with Crippen molar-refractivity contribution < 1.29 is 4.79 Å². The van der Waals surface area contributed by atoms with Crippen LogP contribution in [0.25, 0.3) is 0 Å². The van der Waals surface area contributed by atoms with Gasteiger partial charge in [-0.25, -0.2) is 0 Å². The minimum absolute atomic E-state index is 0.0354. The maximum Gasteiger partial charge on any atom is 0.224 e. The molecule has 15 heavy (non-hydrogen) atoms. The van der Waals surface area contributed by atoms with E-state index in [1.54, 1.807) is 0 Å². The summed E-state index contributed by atoms with van der Waals surface area (Å²) in [6.07, 6.45) is 1.78. The molecule has 3 N–H and O–H groups in total. The first-order valence-corrected chi connectivity index (χ1v) is 5.66. The highest BCUT2D eigenvalue weighted by atomic mass is 16.1. The third kappa shape index (κ3) is 6.47. The molecule has 0 saturated carbocycles. The Morgan fingerprint density at radius 2 is 2.07 bits per heavy atom. The van der Waals surface area contributed by atoms with Crippen molar-refractivity contribution in [2.75, 3.05) is 27.2 Å². The van der Waals surface area contributed by atoms with Crippen LogP contribution >= 0.6 is 0 Å². The lowest BCUT2D eigenvalue weighted by molar-refractivity contribution is -0.125. The lowest BCUT2D eigenvalue weighted by atomic mass is 10.1. The molecule has 0 aliphatic rings. The molecule has 4 nitrogen and oxygen atoms in total. The summed E-state index contributed by atoms with van der Waals surface area (Å²) in [6.45, 7) is 5.44. The standard InChI is InChI=1S/C11H25N3O/c1-5-10(8-12)11(15)13-9(2)6-7-14(3)4/h9-10H,5-8,12H2,1-4H3,(H,13,15). The second kappa shape index (κ2) is 7.65. The number of rotatable bonds is 7. The normalized spacial score (nSPS) is 15.1. The van der Waals surface area contributed by atoms with E-state index in [9.17, 15) is 4.79 Å². The van der Waals surface area contributed by atoms with Crippen molar-refractivity contribution in [2.45, 2.75) is 32.7 Å². The van der Waals surface area contributed by atoms with Crippen molar-refractivity contribution in [1.29, 1.82) is 0 Å². The molecule has 4 heteroatoms. The van der Waals surface area contributed by atoms with Gasteiger partial charge in [-0.15, -0.1) is 0 Å². The summed E-state index contributed by atoms with van der Waals surface area (Å²) in [5.41, 5.74) is 5.51. The zero-order chi connectivity index (χ0) is 11.8. The Morgan fingerprint density at radius 3 is 2.47 bits per heavy atom. The van der Waals surface area contributed by atoms with Crippen molar-refractivity contribution in [2.24, 2.45) is 11.7 Å². The molecule has 0 bridgehead atoms. The molecule has 0 heterocycles. The maximum absolute atomic E-state index is 11.7. The Morgan fingerprint density at radius 1 is 1.47 bits per heavy atom. The van der Waals surface area contributed by atoms with Crippen LogP contribution in [-0.4, -0.2) is 44.0 Å². The van der Waals surface area contributed by atoms with E-state index in [0.717, 1.165) is 19.4 Å². The molecule has 0 aromatic rings. The number of hydrogen-bond donors (Lipinski definition) is 2. The first kappa shape index (κ1) is 14.4. The second-order valence-electron chi connectivity index (χ2n) is 4.34. The van der Waals surface area contributed by atoms with Crippen LogP contribution < -0.4 is 11.1 Å². The van der Waals surface area contributed by atoms with Crippen molar-refractivity contribution in [1.82, 2.24) is 10.2 Å². The van der Waals surface area contributed by atoms with E-state index in [2.05, 4.69) is 10.2 Å². The molecule has 90 valence electrons. The largest absolute Gasteiger partial charge is 0.353 e. The van der Waals surface area contributed by atoms with Gasteiger partial charge < -0.3 is 16.0 Å². The fourth-order valence-electron chi connectivity index (χ4n) is 1.34. The average molecular weight is 215 g/mol. The summed E-state index contributed by atoms with van der Waals surface area (Å²) < 4.78 is 0. The monoisotopic (exact) mass is 215 g/mol. The number of carbonyl (C=O) groups is 1. The quantitative estimate of drug-likeness (QED) is 0.647. The summed E-state index contributed by atoms with van der Waals surface area (Å²) in [4.78, 5) is 13.8. The van der Waals surface area contributed by atoms with Crippen molar-refractivity contribution in [3.63, 3.8) is 0 Å². The van der Waals surface area contributed by atoms with Gasteiger partial charge in [0.05, 0.1) is 0 Å². The van der Waals surface area contributed by atoms with Crippen LogP contribution in [0.5, 0.6) is 0 Å². The highest BCUT2D eigenvalue weighted by Crippen LogP contribution is 2.01. The van der Waals surface area contributed by atoms with Gasteiger partial charge in [0.15, 0.2) is 0 Å². The van der Waals surface area contributed by atoms with E-state index in [1.807, 2.05) is 27.9 Å². The Labute approximate surface area is 93.2 Å². The van der Waals surface area contributed by atoms with Crippen LogP contribution in [0.3, 0.4) is 0 Å². The Bertz CT molecular complexity index is 179. The summed E-state index contributed by atoms with van der Waals surface area (Å²) in [6, 6.07) is 0.223. The van der Waals surface area contributed by atoms with Gasteiger partial charge in [-0.05, 0) is 40.4 Å². The van der Waals surface area contributed by atoms with E-state index < -0.39 is 0 Å². The molecule has 0 saturated heterocycles. The van der Waals surface area contributed by atoms with Gasteiger partial charge in [0, 0.05) is 18.5 Å². The molecule has 0 aromatic carbocycles. The number of nitrogens with one attached hydrogen (secondary N) is 1. The third-order valence-corrected chi connectivity index (χ3v) is 2.55. The van der Waals surface area contributed by atoms with E-state index in [1.165, 1.54) is 0 Å². The van der Waals surface area contributed by atoms with Crippen LogP contribution in [0.2, 0.25) is 0 Å². The molecular weight excluding hydrogens is 190 g/mol. The zero-order valence-corrected chi connectivity index (χ0v) is 10.4. The van der Waals surface area contributed by atoms with Crippen molar-refractivity contribution in [3.05, 3.63) is 0 Å². The third-order valence-electron chi connectivity index (χ3n) is 2.55. The highest BCUT2D eigenvalue weighted by Gasteiger charge is 2.16. The zero-order valence-electron chi connectivity index (χ0n) is 10.4. The van der Waals surface area contributed by atoms with Crippen LogP contribution in [0, 0.1) is 5.92 Å². The topological polar surface area (TPSA) is 58.4 Å². The second-order valence-corrected chi connectivity index (χ2v) is 4.34. The van der Waals surface area contributed by atoms with Gasteiger partial charge in [0.1, 0.15) is 0 Å². The van der Waals surface area contributed by atoms with Crippen LogP contribution in [-0.2, 0) is 4.79 Å². The van der Waals surface area contributed by atoms with Crippen LogP contribution in [0.15, 0.2) is 0 Å². The Balaban J connectivity index is 3.84. The van der Waals surface area contributed by atoms with Gasteiger partial charge >= 0.3 is 0 Å². The van der Waals surface area contributed by atoms with E-state index in [0.29, 0.717) is 6.54 Å². The minimum atomic E-state index is -0.0354. The van der Waals surface area contributed by atoms with Gasteiger partial charge in [0.25, 0.3) is 0 Å². The summed E-state index contributed by atoms with van der Waals surface area (Å²) >= 11 is 0. The number of amides is 1. The fourth-order valence-corrected chi connectivity index (χ4v) is 1.34. The first-order chi connectivity index (χ1) is 7.01. The highest BCUT2D eigenvalue weighted by molar-refractivity contribution is 5.79. The molecular formula is C11H25N3O. The van der Waals surface area contributed by atoms with Gasteiger partial charge in [-0.1, -0.05) is 6.92 Å². The smallest absolute Gasteiger partial charge is 0.224 e. The number of carbonyl (C=O) groups excluding carboxylic acids is 1. The number of hydrogen-bond acceptors (Lipinski definition) is 3. The molecule has 2 unspecified atom stereocenters. The van der Waals surface area contributed by atoms with Gasteiger partial charge in [0.2, 0.25) is 5.91 Å². The Hall–Kier alpha value is -0.610. The minimum Gasteiger partial charge on any atom is -0.353 e. The number of nitrogens with zero attached hydrogens (tertiary/aromatic N) is 1. The molecule has 2 atom stereocenters. The van der Waals surface area contributed by atoms with E-state index in [4.69, 9.17) is 5.73 Å². The maximum atomic E-state index is 11.7. The first-order valence-electron chi connectivity index (χ1n) is 5.66. The molecule has 0 aromatic heterocycles. The number of nitrogens with two attached hydrogens (primary N) is 1. The van der Waals surface area contributed by atoms with Gasteiger partial charge in [-0.2, -0.15) is 0 Å². The molecule has 0 rings (SSSR count).